The van der Waals surface area contributed by atoms with Crippen LogP contribution in [0.25, 0.3) is 72.7 Å². The standard InChI is InChI=1S/C63H70N3O.Pt/c1-59(2,3)39-40-24-26-41(27-25-40)43-30-31-64-53(35-43)45-32-44(33-47(34-45)61(7,8)9)49-22-19-23-55-56(49)65-58(51-37-48(62(10,11)12)38-52(57(51)67)63(13,14)15)66(55)54-29-28-46(60(4,5)6)36-50(54)42-20-17-16-18-21-42;/h16-31,33-38,67H,39H2,1-15H3;/q-1;/i26D,27D,39D2;. The third-order valence-corrected chi connectivity index (χ3v) is 12.5. The van der Waals surface area contributed by atoms with Crippen molar-refractivity contribution in [3.8, 4) is 67.5 Å². The van der Waals surface area contributed by atoms with Crippen LogP contribution in [-0.4, -0.2) is 19.6 Å². The number of rotatable bonds is 7. The van der Waals surface area contributed by atoms with Crippen LogP contribution >= 0.6 is 0 Å². The number of para-hydroxylation sites is 1. The maximum Gasteiger partial charge on any atom is 0.148 e. The van der Waals surface area contributed by atoms with Crippen molar-refractivity contribution >= 4 is 11.0 Å². The molecule has 5 heteroatoms. The van der Waals surface area contributed by atoms with Crippen molar-refractivity contribution in [2.75, 3.05) is 0 Å². The molecule has 0 unspecified atom stereocenters. The van der Waals surface area contributed by atoms with E-state index in [9.17, 15) is 5.11 Å². The largest absolute Gasteiger partial charge is 0.507 e. The Kier molecular flexibility index (Phi) is 12.1. The van der Waals surface area contributed by atoms with Gasteiger partial charge in [0.25, 0.3) is 0 Å². The fourth-order valence-corrected chi connectivity index (χ4v) is 8.67. The molecule has 8 aromatic rings. The molecule has 0 saturated heterocycles. The molecule has 0 radical (unpaired) electrons. The molecule has 0 atom stereocenters. The van der Waals surface area contributed by atoms with Crippen LogP contribution in [0, 0.1) is 11.5 Å². The first-order valence-electron chi connectivity index (χ1n) is 25.6. The Hall–Kier alpha value is -5.57. The Balaban J connectivity index is 0.00000760. The molecule has 0 spiro atoms. The fourth-order valence-electron chi connectivity index (χ4n) is 8.67. The van der Waals surface area contributed by atoms with E-state index in [2.05, 4.69) is 179 Å². The van der Waals surface area contributed by atoms with Gasteiger partial charge in [-0.05, 0) is 97.2 Å². The number of nitrogens with zero attached hydrogens (tertiary/aromatic N) is 3. The number of fused-ring (bicyclic) bond motifs is 1. The second-order valence-electron chi connectivity index (χ2n) is 23.4. The molecule has 68 heavy (non-hydrogen) atoms. The SMILES string of the molecule is [2H]c1cc(C([2H])([2H])C(C)(C)C)cc([2H])c1-c1ccnc(-c2[c-]c(-c3cccc4c3nc(-c3cc(C(C)(C)C)cc(C(C)(C)C)c3O)n4-c3ccc(C(C)(C)C)cc3-c3ccccc3)cc(C(C)(C)C)c2)c1.[Pt]. The zero-order valence-corrected chi connectivity index (χ0v) is 44.9. The van der Waals surface area contributed by atoms with Crippen LogP contribution < -0.4 is 0 Å². The van der Waals surface area contributed by atoms with E-state index in [1.54, 1.807) is 18.3 Å². The molecule has 0 bridgehead atoms. The number of benzene rings is 6. The van der Waals surface area contributed by atoms with Gasteiger partial charge in [0.2, 0.25) is 0 Å². The minimum atomic E-state index is -1.74. The van der Waals surface area contributed by atoms with Crippen molar-refractivity contribution in [3.63, 3.8) is 0 Å². The second kappa shape index (κ2) is 18.4. The number of aromatic nitrogens is 3. The van der Waals surface area contributed by atoms with E-state index in [0.29, 0.717) is 33.8 Å². The Morgan fingerprint density at radius 3 is 1.81 bits per heavy atom. The number of aromatic hydroxyl groups is 1. The van der Waals surface area contributed by atoms with Gasteiger partial charge < -0.3 is 5.11 Å². The van der Waals surface area contributed by atoms with Crippen LogP contribution in [0.5, 0.6) is 5.75 Å². The van der Waals surface area contributed by atoms with Crippen molar-refractivity contribution in [3.05, 3.63) is 167 Å². The van der Waals surface area contributed by atoms with Crippen molar-refractivity contribution in [2.45, 2.75) is 132 Å². The van der Waals surface area contributed by atoms with Gasteiger partial charge in [-0.1, -0.05) is 200 Å². The molecule has 354 valence electrons. The van der Waals surface area contributed by atoms with Crippen LogP contribution in [0.1, 0.15) is 137 Å². The van der Waals surface area contributed by atoms with Crippen LogP contribution in [-0.2, 0) is 49.1 Å². The van der Waals surface area contributed by atoms with Crippen molar-refractivity contribution in [1.82, 2.24) is 14.5 Å². The summed E-state index contributed by atoms with van der Waals surface area (Å²) in [7, 11) is 0. The normalized spacial score (nSPS) is 13.7. The number of imidazole rings is 1. The summed E-state index contributed by atoms with van der Waals surface area (Å²) in [6, 6.07) is 42.9. The van der Waals surface area contributed by atoms with Gasteiger partial charge in [-0.3, -0.25) is 9.55 Å². The van der Waals surface area contributed by atoms with E-state index >= 15 is 0 Å². The van der Waals surface area contributed by atoms with Gasteiger partial charge in [-0.15, -0.1) is 29.3 Å². The van der Waals surface area contributed by atoms with E-state index in [1.165, 1.54) is 5.56 Å². The van der Waals surface area contributed by atoms with Crippen LogP contribution in [0.4, 0.5) is 0 Å². The van der Waals surface area contributed by atoms with Crippen molar-refractivity contribution in [1.29, 1.82) is 0 Å². The zero-order valence-electron chi connectivity index (χ0n) is 46.7. The topological polar surface area (TPSA) is 50.9 Å². The van der Waals surface area contributed by atoms with Gasteiger partial charge in [-0.25, -0.2) is 4.98 Å². The molecule has 0 aliphatic carbocycles. The van der Waals surface area contributed by atoms with Crippen LogP contribution in [0.2, 0.25) is 0 Å². The molecule has 0 aliphatic rings. The smallest absolute Gasteiger partial charge is 0.148 e. The maximum atomic E-state index is 12.6. The average Bonchev–Trinajstić information content (AvgIpc) is 3.66. The molecule has 0 fully saturated rings. The van der Waals surface area contributed by atoms with E-state index < -0.39 is 11.8 Å². The van der Waals surface area contributed by atoms with Gasteiger partial charge >= 0.3 is 0 Å². The van der Waals surface area contributed by atoms with E-state index in [-0.39, 0.29) is 60.6 Å². The Morgan fingerprint density at radius 2 is 1.19 bits per heavy atom. The van der Waals surface area contributed by atoms with Crippen LogP contribution in [0.15, 0.2) is 134 Å². The summed E-state index contributed by atoms with van der Waals surface area (Å²) in [6.45, 7) is 31.8. The van der Waals surface area contributed by atoms with E-state index in [0.717, 1.165) is 61.2 Å². The maximum absolute atomic E-state index is 12.6. The summed E-state index contributed by atoms with van der Waals surface area (Å²) < 4.78 is 38.1. The molecular formula is C63H70N3OPt-. The van der Waals surface area contributed by atoms with E-state index in [4.69, 9.17) is 15.5 Å². The number of hydrogen-bond acceptors (Lipinski definition) is 3. The molecule has 2 aromatic heterocycles. The first kappa shape index (κ1) is 44.9. The summed E-state index contributed by atoms with van der Waals surface area (Å²) in [5.41, 5.74) is 12.3. The number of hydrogen-bond donors (Lipinski definition) is 1. The van der Waals surface area contributed by atoms with Gasteiger partial charge in [0.1, 0.15) is 11.6 Å². The minimum Gasteiger partial charge on any atom is -0.507 e. The monoisotopic (exact) mass is 1080 g/mol. The minimum absolute atomic E-state index is 0. The summed E-state index contributed by atoms with van der Waals surface area (Å²) >= 11 is 0. The van der Waals surface area contributed by atoms with Gasteiger partial charge in [0.05, 0.1) is 25.0 Å². The summed E-state index contributed by atoms with van der Waals surface area (Å²) in [4.78, 5) is 10.5. The third kappa shape index (κ3) is 10.5. The molecule has 4 nitrogen and oxygen atoms in total. The molecular weight excluding hydrogens is 1010 g/mol. The third-order valence-electron chi connectivity index (χ3n) is 12.5. The molecule has 0 saturated carbocycles. The van der Waals surface area contributed by atoms with Crippen LogP contribution in [0.3, 0.4) is 0 Å². The molecule has 8 rings (SSSR count). The summed E-state index contributed by atoms with van der Waals surface area (Å²) in [5, 5.41) is 12.6. The molecule has 0 amide bonds. The first-order valence-corrected chi connectivity index (χ1v) is 23.6. The molecule has 6 aromatic carbocycles. The number of phenolic OH excluding ortho intramolecular Hbond substituents is 1. The zero-order chi connectivity index (χ0) is 52.0. The predicted molar refractivity (Wildman–Crippen MR) is 285 cm³/mol. The molecule has 2 heterocycles. The van der Waals surface area contributed by atoms with Crippen molar-refractivity contribution < 1.29 is 31.7 Å². The molecule has 1 N–H and O–H groups in total. The first-order chi connectivity index (χ1) is 32.9. The summed E-state index contributed by atoms with van der Waals surface area (Å²) in [6.07, 6.45) is -0.0386. The number of phenols is 1. The van der Waals surface area contributed by atoms with Crippen molar-refractivity contribution in [2.24, 2.45) is 5.41 Å². The fraction of sp³-hybridized carbons (Fsp3) is 0.333. The Bertz CT molecular complexity index is 3310. The predicted octanol–water partition coefficient (Wildman–Crippen LogP) is 17.0. The second-order valence-corrected chi connectivity index (χ2v) is 23.4. The van der Waals surface area contributed by atoms with Gasteiger partial charge in [-0.2, -0.15) is 0 Å². The summed E-state index contributed by atoms with van der Waals surface area (Å²) in [5.74, 6) is 0.836. The Morgan fingerprint density at radius 1 is 0.574 bits per heavy atom. The molecule has 0 aliphatic heterocycles. The van der Waals surface area contributed by atoms with Gasteiger partial charge in [0.15, 0.2) is 0 Å². The van der Waals surface area contributed by atoms with Gasteiger partial charge in [0, 0.05) is 46.8 Å². The Labute approximate surface area is 427 Å². The quantitative estimate of drug-likeness (QED) is 0.162. The average molecular weight is 1080 g/mol. The van der Waals surface area contributed by atoms with E-state index in [1.807, 2.05) is 39.0 Å². The number of pyridine rings is 1.